The Morgan fingerprint density at radius 2 is 1.89 bits per heavy atom. The van der Waals surface area contributed by atoms with Gasteiger partial charge in [-0.2, -0.15) is 0 Å². The lowest BCUT2D eigenvalue weighted by molar-refractivity contribution is 0.103. The fourth-order valence-corrected chi connectivity index (χ4v) is 2.22. The zero-order chi connectivity index (χ0) is 13.7. The molecule has 98 valence electrons. The molecule has 19 heavy (non-hydrogen) atoms. The van der Waals surface area contributed by atoms with Crippen LogP contribution in [0.25, 0.3) is 0 Å². The van der Waals surface area contributed by atoms with Crippen LogP contribution in [0.4, 0.5) is 5.69 Å². The number of carbonyl (C=O) groups excluding carboxylic acids is 1. The molecular formula is C16H16BrNO. The van der Waals surface area contributed by atoms with E-state index in [0.717, 1.165) is 23.1 Å². The second-order valence-electron chi connectivity index (χ2n) is 4.31. The summed E-state index contributed by atoms with van der Waals surface area (Å²) in [6.07, 6.45) is 1.02. The smallest absolute Gasteiger partial charge is 0.195 e. The van der Waals surface area contributed by atoms with Crippen molar-refractivity contribution < 1.29 is 4.79 Å². The van der Waals surface area contributed by atoms with Crippen LogP contribution in [0.3, 0.4) is 0 Å². The van der Waals surface area contributed by atoms with E-state index in [9.17, 15) is 4.79 Å². The molecule has 0 saturated heterocycles. The van der Waals surface area contributed by atoms with E-state index in [1.807, 2.05) is 48.5 Å². The molecule has 0 aromatic heterocycles. The van der Waals surface area contributed by atoms with Gasteiger partial charge in [-0.05, 0) is 24.6 Å². The van der Waals surface area contributed by atoms with Crippen LogP contribution in [0.1, 0.15) is 29.3 Å². The Bertz CT molecular complexity index is 566. The highest BCUT2D eigenvalue weighted by Crippen LogP contribution is 2.24. The zero-order valence-electron chi connectivity index (χ0n) is 10.8. The molecule has 0 heterocycles. The molecule has 0 aliphatic rings. The second-order valence-corrected chi connectivity index (χ2v) is 5.23. The van der Waals surface area contributed by atoms with E-state index >= 15 is 0 Å². The van der Waals surface area contributed by atoms with Gasteiger partial charge in [-0.1, -0.05) is 53.2 Å². The van der Waals surface area contributed by atoms with Crippen LogP contribution in [-0.4, -0.2) is 12.3 Å². The summed E-state index contributed by atoms with van der Waals surface area (Å²) in [6.45, 7) is 2.96. The number of ketones is 1. The molecule has 0 radical (unpaired) electrons. The van der Waals surface area contributed by atoms with Crippen LogP contribution < -0.4 is 5.32 Å². The van der Waals surface area contributed by atoms with Crippen molar-refractivity contribution in [3.8, 4) is 0 Å². The number of carbonyl (C=O) groups is 1. The summed E-state index contributed by atoms with van der Waals surface area (Å²) in [6, 6.07) is 15.1. The van der Waals surface area contributed by atoms with E-state index in [1.165, 1.54) is 0 Å². The largest absolute Gasteiger partial charge is 0.384 e. The topological polar surface area (TPSA) is 29.1 Å². The van der Waals surface area contributed by atoms with Gasteiger partial charge < -0.3 is 5.32 Å². The first kappa shape index (κ1) is 13.8. The molecule has 0 bridgehead atoms. The van der Waals surface area contributed by atoms with E-state index in [-0.39, 0.29) is 5.78 Å². The summed E-state index contributed by atoms with van der Waals surface area (Å²) in [4.78, 5) is 12.5. The predicted molar refractivity (Wildman–Crippen MR) is 82.8 cm³/mol. The third-order valence-corrected chi connectivity index (χ3v) is 3.32. The van der Waals surface area contributed by atoms with Crippen LogP contribution >= 0.6 is 15.9 Å². The van der Waals surface area contributed by atoms with Gasteiger partial charge in [0.15, 0.2) is 5.78 Å². The second kappa shape index (κ2) is 6.53. The average molecular weight is 318 g/mol. The molecule has 0 fully saturated rings. The van der Waals surface area contributed by atoms with Crippen molar-refractivity contribution >= 4 is 27.4 Å². The standard InChI is InChI=1S/C16H16BrNO/c1-2-10-18-15-9-8-13(17)11-14(15)16(19)12-6-4-3-5-7-12/h3-9,11,18H,2,10H2,1H3. The third-order valence-electron chi connectivity index (χ3n) is 2.83. The van der Waals surface area contributed by atoms with Crippen LogP contribution in [0, 0.1) is 0 Å². The maximum atomic E-state index is 12.5. The van der Waals surface area contributed by atoms with Crippen molar-refractivity contribution in [3.05, 3.63) is 64.1 Å². The summed E-state index contributed by atoms with van der Waals surface area (Å²) in [7, 11) is 0. The van der Waals surface area contributed by atoms with Crippen molar-refractivity contribution in [2.24, 2.45) is 0 Å². The predicted octanol–water partition coefficient (Wildman–Crippen LogP) is 4.50. The van der Waals surface area contributed by atoms with Crippen molar-refractivity contribution in [1.29, 1.82) is 0 Å². The summed E-state index contributed by atoms with van der Waals surface area (Å²) in [5.74, 6) is 0.0421. The van der Waals surface area contributed by atoms with E-state index in [2.05, 4.69) is 28.2 Å². The molecule has 1 N–H and O–H groups in total. The minimum absolute atomic E-state index is 0.0421. The zero-order valence-corrected chi connectivity index (χ0v) is 12.4. The van der Waals surface area contributed by atoms with Gasteiger partial charge in [-0.15, -0.1) is 0 Å². The lowest BCUT2D eigenvalue weighted by Gasteiger charge is -2.11. The number of hydrogen-bond acceptors (Lipinski definition) is 2. The Labute approximate surface area is 122 Å². The molecule has 2 aromatic carbocycles. The maximum absolute atomic E-state index is 12.5. The Balaban J connectivity index is 2.37. The minimum Gasteiger partial charge on any atom is -0.384 e. The van der Waals surface area contributed by atoms with Gasteiger partial charge in [-0.3, -0.25) is 4.79 Å². The molecule has 0 unspecified atom stereocenters. The summed E-state index contributed by atoms with van der Waals surface area (Å²) < 4.78 is 0.911. The number of halogens is 1. The average Bonchev–Trinajstić information content (AvgIpc) is 2.46. The molecule has 0 spiro atoms. The van der Waals surface area contributed by atoms with Crippen molar-refractivity contribution in [1.82, 2.24) is 0 Å². The van der Waals surface area contributed by atoms with Gasteiger partial charge in [0.2, 0.25) is 0 Å². The number of rotatable bonds is 5. The van der Waals surface area contributed by atoms with Crippen molar-refractivity contribution in [2.45, 2.75) is 13.3 Å². The van der Waals surface area contributed by atoms with E-state index in [0.29, 0.717) is 11.1 Å². The number of nitrogens with one attached hydrogen (secondary N) is 1. The first-order valence-electron chi connectivity index (χ1n) is 6.35. The highest BCUT2D eigenvalue weighted by atomic mass is 79.9. The van der Waals surface area contributed by atoms with Crippen LogP contribution in [0.15, 0.2) is 53.0 Å². The summed E-state index contributed by atoms with van der Waals surface area (Å²) in [5.41, 5.74) is 2.30. The lowest BCUT2D eigenvalue weighted by atomic mass is 10.0. The summed E-state index contributed by atoms with van der Waals surface area (Å²) >= 11 is 3.43. The number of anilines is 1. The Morgan fingerprint density at radius 1 is 1.16 bits per heavy atom. The molecule has 2 rings (SSSR count). The van der Waals surface area contributed by atoms with Gasteiger partial charge in [-0.25, -0.2) is 0 Å². The SMILES string of the molecule is CCCNc1ccc(Br)cc1C(=O)c1ccccc1. The molecular weight excluding hydrogens is 302 g/mol. The first-order chi connectivity index (χ1) is 9.22. The number of hydrogen-bond donors (Lipinski definition) is 1. The fraction of sp³-hybridized carbons (Fsp3) is 0.188. The molecule has 0 aliphatic heterocycles. The van der Waals surface area contributed by atoms with Gasteiger partial charge in [0.25, 0.3) is 0 Å². The molecule has 0 saturated carbocycles. The van der Waals surface area contributed by atoms with Crippen molar-refractivity contribution in [3.63, 3.8) is 0 Å². The van der Waals surface area contributed by atoms with Crippen LogP contribution in [-0.2, 0) is 0 Å². The highest BCUT2D eigenvalue weighted by molar-refractivity contribution is 9.10. The molecule has 2 aromatic rings. The van der Waals surface area contributed by atoms with Crippen LogP contribution in [0.5, 0.6) is 0 Å². The van der Waals surface area contributed by atoms with Gasteiger partial charge >= 0.3 is 0 Å². The van der Waals surface area contributed by atoms with Crippen molar-refractivity contribution in [2.75, 3.05) is 11.9 Å². The normalized spacial score (nSPS) is 10.2. The van der Waals surface area contributed by atoms with E-state index < -0.39 is 0 Å². The quantitative estimate of drug-likeness (QED) is 0.822. The number of benzene rings is 2. The molecule has 0 amide bonds. The first-order valence-corrected chi connectivity index (χ1v) is 7.15. The Hall–Kier alpha value is -1.61. The Kier molecular flexibility index (Phi) is 4.74. The monoisotopic (exact) mass is 317 g/mol. The summed E-state index contributed by atoms with van der Waals surface area (Å²) in [5, 5.41) is 3.30. The van der Waals surface area contributed by atoms with Crippen LogP contribution in [0.2, 0.25) is 0 Å². The molecule has 0 atom stereocenters. The molecule has 3 heteroatoms. The van der Waals surface area contributed by atoms with Gasteiger partial charge in [0.1, 0.15) is 0 Å². The third kappa shape index (κ3) is 3.44. The van der Waals surface area contributed by atoms with E-state index in [4.69, 9.17) is 0 Å². The van der Waals surface area contributed by atoms with Gasteiger partial charge in [0.05, 0.1) is 0 Å². The lowest BCUT2D eigenvalue weighted by Crippen LogP contribution is -2.08. The minimum atomic E-state index is 0.0421. The highest BCUT2D eigenvalue weighted by Gasteiger charge is 2.13. The molecule has 2 nitrogen and oxygen atoms in total. The Morgan fingerprint density at radius 3 is 2.58 bits per heavy atom. The molecule has 0 aliphatic carbocycles. The van der Waals surface area contributed by atoms with E-state index in [1.54, 1.807) is 0 Å². The maximum Gasteiger partial charge on any atom is 0.195 e. The van der Waals surface area contributed by atoms with Gasteiger partial charge in [0, 0.05) is 27.8 Å². The fourth-order valence-electron chi connectivity index (χ4n) is 1.86.